The van der Waals surface area contributed by atoms with Crippen LogP contribution in [0.2, 0.25) is 0 Å². The SMILES string of the molecule is O=S(O)OCNc1cccnc1. The van der Waals surface area contributed by atoms with Gasteiger partial charge < -0.3 is 5.32 Å². The molecule has 0 aromatic carbocycles. The van der Waals surface area contributed by atoms with Crippen LogP contribution in [0.5, 0.6) is 0 Å². The molecule has 0 saturated carbocycles. The number of hydrogen-bond donors (Lipinski definition) is 2. The first-order valence-corrected chi connectivity index (χ1v) is 4.20. The molecule has 0 fully saturated rings. The van der Waals surface area contributed by atoms with E-state index >= 15 is 0 Å². The normalized spacial score (nSPS) is 12.4. The summed E-state index contributed by atoms with van der Waals surface area (Å²) in [6.45, 7) is -0.0190. The Bertz CT molecular complexity index is 254. The first kappa shape index (κ1) is 9.11. The Hall–Kier alpha value is -0.980. The first-order valence-electron chi connectivity index (χ1n) is 3.17. The van der Waals surface area contributed by atoms with Crippen LogP contribution in [0.1, 0.15) is 0 Å². The zero-order valence-corrected chi connectivity index (χ0v) is 6.95. The van der Waals surface area contributed by atoms with Crippen LogP contribution >= 0.6 is 0 Å². The molecule has 5 nitrogen and oxygen atoms in total. The average molecular weight is 188 g/mol. The number of nitrogens with one attached hydrogen (secondary N) is 1. The van der Waals surface area contributed by atoms with Gasteiger partial charge in [-0.2, -0.15) is 4.21 Å². The highest BCUT2D eigenvalue weighted by atomic mass is 32.2. The van der Waals surface area contributed by atoms with E-state index in [0.29, 0.717) is 0 Å². The van der Waals surface area contributed by atoms with E-state index in [0.717, 1.165) is 5.69 Å². The van der Waals surface area contributed by atoms with Crippen molar-refractivity contribution in [2.75, 3.05) is 12.0 Å². The minimum Gasteiger partial charge on any atom is -0.360 e. The molecule has 0 aliphatic carbocycles. The molecule has 0 spiro atoms. The zero-order chi connectivity index (χ0) is 8.81. The van der Waals surface area contributed by atoms with Gasteiger partial charge in [0.25, 0.3) is 0 Å². The number of pyridine rings is 1. The van der Waals surface area contributed by atoms with Gasteiger partial charge in [-0.3, -0.25) is 9.54 Å². The quantitative estimate of drug-likeness (QED) is 0.535. The minimum atomic E-state index is -2.22. The van der Waals surface area contributed by atoms with Gasteiger partial charge in [-0.05, 0) is 12.1 Å². The average Bonchev–Trinajstić information content (AvgIpc) is 2.05. The lowest BCUT2D eigenvalue weighted by Gasteiger charge is -2.02. The third-order valence-corrected chi connectivity index (χ3v) is 1.42. The van der Waals surface area contributed by atoms with Crippen LogP contribution in [0, 0.1) is 0 Å². The van der Waals surface area contributed by atoms with Gasteiger partial charge in [-0.1, -0.05) is 0 Å². The predicted octanol–water partition coefficient (Wildman–Crippen LogP) is 0.604. The van der Waals surface area contributed by atoms with Crippen molar-refractivity contribution < 1.29 is 12.9 Å². The molecule has 0 bridgehead atoms. The van der Waals surface area contributed by atoms with E-state index in [4.69, 9.17) is 4.55 Å². The van der Waals surface area contributed by atoms with Crippen molar-refractivity contribution in [2.24, 2.45) is 0 Å². The highest BCUT2D eigenvalue weighted by Crippen LogP contribution is 2.01. The molecule has 1 rings (SSSR count). The smallest absolute Gasteiger partial charge is 0.303 e. The molecule has 1 aromatic rings. The van der Waals surface area contributed by atoms with Crippen LogP contribution in [-0.2, 0) is 15.5 Å². The van der Waals surface area contributed by atoms with E-state index in [-0.39, 0.29) is 6.73 Å². The third-order valence-electron chi connectivity index (χ3n) is 1.10. The van der Waals surface area contributed by atoms with E-state index in [1.165, 1.54) is 0 Å². The van der Waals surface area contributed by atoms with Crippen LogP contribution in [0.15, 0.2) is 24.5 Å². The van der Waals surface area contributed by atoms with Crippen molar-refractivity contribution in [2.45, 2.75) is 0 Å². The molecule has 0 aliphatic rings. The van der Waals surface area contributed by atoms with Crippen LogP contribution in [0.25, 0.3) is 0 Å². The fourth-order valence-electron chi connectivity index (χ4n) is 0.631. The topological polar surface area (TPSA) is 71.5 Å². The van der Waals surface area contributed by atoms with Crippen LogP contribution < -0.4 is 5.32 Å². The molecule has 66 valence electrons. The van der Waals surface area contributed by atoms with Crippen molar-refractivity contribution >= 4 is 17.0 Å². The summed E-state index contributed by atoms with van der Waals surface area (Å²) in [5.74, 6) is 0. The Morgan fingerprint density at radius 3 is 3.17 bits per heavy atom. The maximum absolute atomic E-state index is 10.0. The lowest BCUT2D eigenvalue weighted by Crippen LogP contribution is -2.07. The Balaban J connectivity index is 2.29. The molecular weight excluding hydrogens is 180 g/mol. The summed E-state index contributed by atoms with van der Waals surface area (Å²) in [6, 6.07) is 3.52. The summed E-state index contributed by atoms with van der Waals surface area (Å²) in [5.41, 5.74) is 0.739. The molecule has 0 radical (unpaired) electrons. The monoisotopic (exact) mass is 188 g/mol. The van der Waals surface area contributed by atoms with E-state index in [9.17, 15) is 4.21 Å². The standard InChI is InChI=1S/C6H8N2O3S/c9-12(10)11-5-8-6-2-1-3-7-4-6/h1-4,8H,5H2,(H,9,10). The molecule has 6 heteroatoms. The van der Waals surface area contributed by atoms with Gasteiger partial charge in [0, 0.05) is 12.4 Å². The van der Waals surface area contributed by atoms with E-state index in [1.807, 2.05) is 0 Å². The fraction of sp³-hybridized carbons (Fsp3) is 0.167. The van der Waals surface area contributed by atoms with Gasteiger partial charge in [0.05, 0.1) is 5.69 Å². The van der Waals surface area contributed by atoms with E-state index in [1.54, 1.807) is 24.5 Å². The van der Waals surface area contributed by atoms with E-state index < -0.39 is 11.4 Å². The van der Waals surface area contributed by atoms with Crippen LogP contribution in [0.3, 0.4) is 0 Å². The van der Waals surface area contributed by atoms with Crippen molar-refractivity contribution in [1.29, 1.82) is 0 Å². The number of hydrogen-bond acceptors (Lipinski definition) is 4. The van der Waals surface area contributed by atoms with E-state index in [2.05, 4.69) is 14.5 Å². The Labute approximate surface area is 72.3 Å². The molecule has 12 heavy (non-hydrogen) atoms. The number of rotatable bonds is 4. The summed E-state index contributed by atoms with van der Waals surface area (Å²) in [6.07, 6.45) is 3.22. The molecule has 0 saturated heterocycles. The van der Waals surface area contributed by atoms with Crippen molar-refractivity contribution in [1.82, 2.24) is 4.98 Å². The number of aromatic nitrogens is 1. The molecule has 1 unspecified atom stereocenters. The number of nitrogens with zero attached hydrogens (tertiary/aromatic N) is 1. The molecule has 0 amide bonds. The Kier molecular flexibility index (Phi) is 3.65. The minimum absolute atomic E-state index is 0.0190. The highest BCUT2D eigenvalue weighted by Gasteiger charge is 1.92. The van der Waals surface area contributed by atoms with Gasteiger partial charge >= 0.3 is 11.4 Å². The largest absolute Gasteiger partial charge is 0.360 e. The second-order valence-corrected chi connectivity index (χ2v) is 2.57. The number of anilines is 1. The van der Waals surface area contributed by atoms with Crippen LogP contribution in [0.4, 0.5) is 5.69 Å². The highest BCUT2D eigenvalue weighted by molar-refractivity contribution is 7.74. The molecule has 2 N–H and O–H groups in total. The Morgan fingerprint density at radius 1 is 1.75 bits per heavy atom. The third kappa shape index (κ3) is 3.42. The van der Waals surface area contributed by atoms with Crippen molar-refractivity contribution in [3.05, 3.63) is 24.5 Å². The summed E-state index contributed by atoms with van der Waals surface area (Å²) < 4.78 is 22.6. The molecule has 1 heterocycles. The molecule has 1 aromatic heterocycles. The Morgan fingerprint density at radius 2 is 2.58 bits per heavy atom. The maximum atomic E-state index is 10.0. The fourth-order valence-corrected chi connectivity index (χ4v) is 0.790. The first-order chi connectivity index (χ1) is 5.79. The summed E-state index contributed by atoms with van der Waals surface area (Å²) in [5, 5.41) is 2.74. The lowest BCUT2D eigenvalue weighted by atomic mass is 10.4. The van der Waals surface area contributed by atoms with Gasteiger partial charge in [0.2, 0.25) is 0 Å². The van der Waals surface area contributed by atoms with Gasteiger partial charge in [-0.25, -0.2) is 4.18 Å². The molecule has 1 atom stereocenters. The lowest BCUT2D eigenvalue weighted by molar-refractivity contribution is 0.330. The van der Waals surface area contributed by atoms with Crippen molar-refractivity contribution in [3.8, 4) is 0 Å². The molecular formula is C6H8N2O3S. The van der Waals surface area contributed by atoms with Crippen LogP contribution in [-0.4, -0.2) is 20.5 Å². The summed E-state index contributed by atoms with van der Waals surface area (Å²) >= 11 is -2.22. The maximum Gasteiger partial charge on any atom is 0.303 e. The van der Waals surface area contributed by atoms with Gasteiger partial charge in [-0.15, -0.1) is 0 Å². The summed E-state index contributed by atoms with van der Waals surface area (Å²) in [7, 11) is 0. The van der Waals surface area contributed by atoms with Gasteiger partial charge in [0.15, 0.2) is 0 Å². The van der Waals surface area contributed by atoms with Gasteiger partial charge in [0.1, 0.15) is 6.73 Å². The second kappa shape index (κ2) is 4.81. The summed E-state index contributed by atoms with van der Waals surface area (Å²) in [4.78, 5) is 3.83. The zero-order valence-electron chi connectivity index (χ0n) is 6.14. The molecule has 0 aliphatic heterocycles. The predicted molar refractivity (Wildman–Crippen MR) is 44.6 cm³/mol. The second-order valence-electron chi connectivity index (χ2n) is 1.90. The van der Waals surface area contributed by atoms with Crippen molar-refractivity contribution in [3.63, 3.8) is 0 Å².